The smallest absolute Gasteiger partial charge is 0.317 e. The van der Waals surface area contributed by atoms with Gasteiger partial charge in [0.25, 0.3) is 0 Å². The molecule has 26 heavy (non-hydrogen) atoms. The molecule has 0 fully saturated rings. The molecule has 1 aliphatic heterocycles. The van der Waals surface area contributed by atoms with Crippen LogP contribution in [0.15, 0.2) is 16.7 Å². The van der Waals surface area contributed by atoms with Gasteiger partial charge in [0.2, 0.25) is 5.89 Å². The highest BCUT2D eigenvalue weighted by Gasteiger charge is 2.18. The van der Waals surface area contributed by atoms with Crippen LogP contribution in [0.2, 0.25) is 0 Å². The molecule has 2 heterocycles. The maximum atomic E-state index is 12.3. The van der Waals surface area contributed by atoms with Gasteiger partial charge < -0.3 is 29.0 Å². The zero-order valence-electron chi connectivity index (χ0n) is 15.1. The summed E-state index contributed by atoms with van der Waals surface area (Å²) in [6.45, 7) is 3.47. The summed E-state index contributed by atoms with van der Waals surface area (Å²) in [5, 5.41) is 6.69. The highest BCUT2D eigenvalue weighted by atomic mass is 16.6. The van der Waals surface area contributed by atoms with Crippen LogP contribution in [-0.4, -0.2) is 48.4 Å². The maximum Gasteiger partial charge on any atom is 0.317 e. The fourth-order valence-electron chi connectivity index (χ4n) is 2.53. The third-order valence-corrected chi connectivity index (χ3v) is 3.91. The Morgan fingerprint density at radius 2 is 2.04 bits per heavy atom. The molecule has 0 saturated heterocycles. The average Bonchev–Trinajstić information content (AvgIpc) is 3.12. The van der Waals surface area contributed by atoms with Crippen LogP contribution < -0.4 is 19.5 Å². The number of amides is 2. The SMILES string of the molecule is CCc1nc(CN(C)C(=O)NCc2cc3c(cc2OC)OCCO3)no1. The Labute approximate surface area is 151 Å². The van der Waals surface area contributed by atoms with Crippen molar-refractivity contribution in [1.29, 1.82) is 0 Å². The van der Waals surface area contributed by atoms with Crippen LogP contribution in [0.1, 0.15) is 24.2 Å². The highest BCUT2D eigenvalue weighted by Crippen LogP contribution is 2.36. The molecule has 0 saturated carbocycles. The van der Waals surface area contributed by atoms with Gasteiger partial charge in [-0.15, -0.1) is 0 Å². The predicted molar refractivity (Wildman–Crippen MR) is 91.4 cm³/mol. The van der Waals surface area contributed by atoms with Crippen molar-refractivity contribution >= 4 is 6.03 Å². The Bertz CT molecular complexity index is 777. The summed E-state index contributed by atoms with van der Waals surface area (Å²) in [6, 6.07) is 3.33. The number of aryl methyl sites for hydroxylation is 1. The van der Waals surface area contributed by atoms with E-state index in [1.165, 1.54) is 4.90 Å². The van der Waals surface area contributed by atoms with Crippen LogP contribution in [0, 0.1) is 0 Å². The first-order valence-corrected chi connectivity index (χ1v) is 8.37. The standard InChI is InChI=1S/C17H22N4O5/c1-4-16-19-15(20-26-16)10-21(2)17(22)18-9-11-7-13-14(8-12(11)23-3)25-6-5-24-13/h7-8H,4-6,9-10H2,1-3H3,(H,18,22). The lowest BCUT2D eigenvalue weighted by Gasteiger charge is -2.21. The lowest BCUT2D eigenvalue weighted by Crippen LogP contribution is -2.36. The van der Waals surface area contributed by atoms with Crippen molar-refractivity contribution < 1.29 is 23.5 Å². The molecule has 0 bridgehead atoms. The minimum absolute atomic E-state index is 0.258. The Morgan fingerprint density at radius 1 is 1.31 bits per heavy atom. The maximum absolute atomic E-state index is 12.3. The number of methoxy groups -OCH3 is 1. The molecule has 0 spiro atoms. The number of benzene rings is 1. The molecule has 1 aromatic carbocycles. The molecule has 9 heteroatoms. The van der Waals surface area contributed by atoms with Gasteiger partial charge in [0.1, 0.15) is 19.0 Å². The summed E-state index contributed by atoms with van der Waals surface area (Å²) in [7, 11) is 3.24. The Balaban J connectivity index is 1.61. The first-order valence-electron chi connectivity index (χ1n) is 8.37. The third kappa shape index (κ3) is 3.98. The van der Waals surface area contributed by atoms with E-state index in [-0.39, 0.29) is 19.1 Å². The van der Waals surface area contributed by atoms with E-state index in [4.69, 9.17) is 18.7 Å². The number of aromatic nitrogens is 2. The number of rotatable bonds is 6. The number of hydrogen-bond acceptors (Lipinski definition) is 7. The van der Waals surface area contributed by atoms with E-state index in [1.807, 2.05) is 13.0 Å². The molecule has 1 aromatic heterocycles. The number of carbonyl (C=O) groups is 1. The number of hydrogen-bond donors (Lipinski definition) is 1. The van der Waals surface area contributed by atoms with Crippen LogP contribution in [-0.2, 0) is 19.5 Å². The van der Waals surface area contributed by atoms with Gasteiger partial charge in [-0.3, -0.25) is 0 Å². The van der Waals surface area contributed by atoms with Crippen molar-refractivity contribution in [3.8, 4) is 17.2 Å². The largest absolute Gasteiger partial charge is 0.496 e. The van der Waals surface area contributed by atoms with Gasteiger partial charge in [-0.1, -0.05) is 12.1 Å². The molecule has 0 radical (unpaired) electrons. The summed E-state index contributed by atoms with van der Waals surface area (Å²) in [5.74, 6) is 2.94. The Morgan fingerprint density at radius 3 is 2.69 bits per heavy atom. The molecular weight excluding hydrogens is 340 g/mol. The number of nitrogens with one attached hydrogen (secondary N) is 1. The zero-order chi connectivity index (χ0) is 18.5. The first kappa shape index (κ1) is 17.8. The molecule has 3 rings (SSSR count). The highest BCUT2D eigenvalue weighted by molar-refractivity contribution is 5.74. The molecule has 0 aliphatic carbocycles. The summed E-state index contributed by atoms with van der Waals surface area (Å²) in [5.41, 5.74) is 0.798. The second kappa shape index (κ2) is 7.94. The Kier molecular flexibility index (Phi) is 5.45. The molecule has 140 valence electrons. The quantitative estimate of drug-likeness (QED) is 0.836. The van der Waals surface area contributed by atoms with Crippen LogP contribution in [0.5, 0.6) is 17.2 Å². The average molecular weight is 362 g/mol. The number of ether oxygens (including phenoxy) is 3. The second-order valence-corrected chi connectivity index (χ2v) is 5.78. The normalized spacial score (nSPS) is 12.6. The van der Waals surface area contributed by atoms with Gasteiger partial charge in [0, 0.05) is 31.6 Å². The predicted octanol–water partition coefficient (Wildman–Crippen LogP) is 1.75. The van der Waals surface area contributed by atoms with Crippen molar-refractivity contribution in [2.75, 3.05) is 27.4 Å². The first-order chi connectivity index (χ1) is 12.6. The van der Waals surface area contributed by atoms with Gasteiger partial charge in [-0.2, -0.15) is 4.98 Å². The van der Waals surface area contributed by atoms with Gasteiger partial charge >= 0.3 is 6.03 Å². The minimum atomic E-state index is -0.259. The second-order valence-electron chi connectivity index (χ2n) is 5.78. The van der Waals surface area contributed by atoms with Gasteiger partial charge in [0.15, 0.2) is 17.3 Å². The molecule has 2 aromatic rings. The number of urea groups is 1. The topological polar surface area (TPSA) is 99.0 Å². The molecule has 0 atom stereocenters. The fraction of sp³-hybridized carbons (Fsp3) is 0.471. The van der Waals surface area contributed by atoms with Crippen molar-refractivity contribution in [3.05, 3.63) is 29.4 Å². The zero-order valence-corrected chi connectivity index (χ0v) is 15.1. The van der Waals surface area contributed by atoms with E-state index in [1.54, 1.807) is 20.2 Å². The monoisotopic (exact) mass is 362 g/mol. The molecule has 2 amide bonds. The Hall–Kier alpha value is -2.97. The number of nitrogens with zero attached hydrogens (tertiary/aromatic N) is 3. The van der Waals surface area contributed by atoms with E-state index in [9.17, 15) is 4.79 Å². The number of fused-ring (bicyclic) bond motifs is 1. The molecular formula is C17H22N4O5. The van der Waals surface area contributed by atoms with Crippen LogP contribution in [0.4, 0.5) is 4.79 Å². The van der Waals surface area contributed by atoms with E-state index in [0.717, 1.165) is 5.56 Å². The van der Waals surface area contributed by atoms with Crippen molar-refractivity contribution in [2.45, 2.75) is 26.4 Å². The van der Waals surface area contributed by atoms with E-state index >= 15 is 0 Å². The van der Waals surface area contributed by atoms with E-state index < -0.39 is 0 Å². The lowest BCUT2D eigenvalue weighted by atomic mass is 10.1. The summed E-state index contributed by atoms with van der Waals surface area (Å²) < 4.78 is 21.5. The third-order valence-electron chi connectivity index (χ3n) is 3.91. The summed E-state index contributed by atoms with van der Waals surface area (Å²) >= 11 is 0. The molecule has 0 unspecified atom stereocenters. The fourth-order valence-corrected chi connectivity index (χ4v) is 2.53. The molecule has 1 N–H and O–H groups in total. The number of carbonyl (C=O) groups excluding carboxylic acids is 1. The lowest BCUT2D eigenvalue weighted by molar-refractivity contribution is 0.170. The van der Waals surface area contributed by atoms with Gasteiger partial charge in [-0.25, -0.2) is 4.79 Å². The van der Waals surface area contributed by atoms with Gasteiger partial charge in [-0.05, 0) is 6.07 Å². The van der Waals surface area contributed by atoms with Crippen LogP contribution >= 0.6 is 0 Å². The van der Waals surface area contributed by atoms with E-state index in [2.05, 4.69) is 15.5 Å². The molecule has 9 nitrogen and oxygen atoms in total. The van der Waals surface area contributed by atoms with Crippen molar-refractivity contribution in [2.24, 2.45) is 0 Å². The van der Waals surface area contributed by atoms with Crippen molar-refractivity contribution in [1.82, 2.24) is 20.4 Å². The summed E-state index contributed by atoms with van der Waals surface area (Å²) in [6.07, 6.45) is 0.660. The van der Waals surface area contributed by atoms with Crippen LogP contribution in [0.3, 0.4) is 0 Å². The summed E-state index contributed by atoms with van der Waals surface area (Å²) in [4.78, 5) is 18.0. The molecule has 1 aliphatic rings. The van der Waals surface area contributed by atoms with Gasteiger partial charge in [0.05, 0.1) is 13.7 Å². The minimum Gasteiger partial charge on any atom is -0.496 e. The van der Waals surface area contributed by atoms with E-state index in [0.29, 0.717) is 48.6 Å². The van der Waals surface area contributed by atoms with Crippen molar-refractivity contribution in [3.63, 3.8) is 0 Å². The van der Waals surface area contributed by atoms with Crippen LogP contribution in [0.25, 0.3) is 0 Å².